The first-order valence-electron chi connectivity index (χ1n) is 9.98. The Bertz CT molecular complexity index is 1210. The topological polar surface area (TPSA) is 89.9 Å². The van der Waals surface area contributed by atoms with Crippen LogP contribution in [-0.2, 0) is 16.6 Å². The first kappa shape index (κ1) is 22.3. The molecule has 1 aromatic heterocycles. The fourth-order valence-corrected chi connectivity index (χ4v) is 5.73. The van der Waals surface area contributed by atoms with E-state index in [4.69, 9.17) is 0 Å². The molecule has 0 radical (unpaired) electrons. The summed E-state index contributed by atoms with van der Waals surface area (Å²) in [5, 5.41) is 11.4. The number of anilines is 2. The van der Waals surface area contributed by atoms with E-state index >= 15 is 0 Å². The molecule has 0 atom stereocenters. The van der Waals surface area contributed by atoms with Gasteiger partial charge in [-0.05, 0) is 35.7 Å². The lowest BCUT2D eigenvalue weighted by molar-refractivity contribution is 0.0697. The molecule has 2 heterocycles. The highest BCUT2D eigenvalue weighted by atomic mass is 32.2. The number of rotatable bonds is 7. The first-order chi connectivity index (χ1) is 15.3. The van der Waals surface area contributed by atoms with E-state index in [0.29, 0.717) is 44.0 Å². The van der Waals surface area contributed by atoms with Crippen LogP contribution in [0.25, 0.3) is 0 Å². The van der Waals surface area contributed by atoms with Gasteiger partial charge in [0.2, 0.25) is 0 Å². The molecule has 1 aliphatic rings. The molecule has 2 N–H and O–H groups in total. The van der Waals surface area contributed by atoms with Crippen molar-refractivity contribution >= 4 is 38.7 Å². The smallest absolute Gasteiger partial charge is 0.337 e. The minimum absolute atomic E-state index is 0.0268. The van der Waals surface area contributed by atoms with E-state index in [0.717, 1.165) is 11.3 Å². The van der Waals surface area contributed by atoms with Crippen molar-refractivity contribution in [2.75, 3.05) is 35.8 Å². The molecule has 0 saturated carbocycles. The summed E-state index contributed by atoms with van der Waals surface area (Å²) in [6, 6.07) is 14.3. The van der Waals surface area contributed by atoms with Crippen LogP contribution in [-0.4, -0.2) is 50.6 Å². The van der Waals surface area contributed by atoms with Gasteiger partial charge in [-0.15, -0.1) is 11.3 Å². The Morgan fingerprint density at radius 1 is 1.06 bits per heavy atom. The Balaban J connectivity index is 1.47. The number of nitrogens with one attached hydrogen (secondary N) is 1. The second-order valence-corrected chi connectivity index (χ2v) is 10.3. The van der Waals surface area contributed by atoms with Gasteiger partial charge in [-0.3, -0.25) is 9.62 Å². The SMILES string of the molecule is O=C(O)c1cc(NS(=O)(=O)c2cccs2)ccc1N1CCN(Cc2ccccc2F)CC1. The second kappa shape index (κ2) is 9.27. The van der Waals surface area contributed by atoms with Crippen molar-refractivity contribution in [3.8, 4) is 0 Å². The molecule has 1 aliphatic heterocycles. The maximum Gasteiger partial charge on any atom is 0.337 e. The summed E-state index contributed by atoms with van der Waals surface area (Å²) < 4.78 is 41.4. The second-order valence-electron chi connectivity index (χ2n) is 7.43. The molecular formula is C22H22FN3O4S2. The van der Waals surface area contributed by atoms with Crippen molar-refractivity contribution in [3.63, 3.8) is 0 Å². The third-order valence-corrected chi connectivity index (χ3v) is 8.08. The van der Waals surface area contributed by atoms with E-state index in [1.54, 1.807) is 35.7 Å². The van der Waals surface area contributed by atoms with Crippen molar-refractivity contribution in [2.45, 2.75) is 10.8 Å². The van der Waals surface area contributed by atoms with Crippen molar-refractivity contribution in [1.29, 1.82) is 0 Å². The van der Waals surface area contributed by atoms with E-state index in [1.165, 1.54) is 18.2 Å². The number of piperazine rings is 1. The number of sulfonamides is 1. The van der Waals surface area contributed by atoms with Crippen LogP contribution >= 0.6 is 11.3 Å². The van der Waals surface area contributed by atoms with Crippen LogP contribution in [0.1, 0.15) is 15.9 Å². The van der Waals surface area contributed by atoms with Crippen LogP contribution in [0.3, 0.4) is 0 Å². The lowest BCUT2D eigenvalue weighted by atomic mass is 10.1. The minimum atomic E-state index is -3.77. The van der Waals surface area contributed by atoms with Gasteiger partial charge in [0.1, 0.15) is 10.0 Å². The maximum absolute atomic E-state index is 13.9. The monoisotopic (exact) mass is 475 g/mol. The van der Waals surface area contributed by atoms with Crippen molar-refractivity contribution in [3.05, 3.63) is 76.9 Å². The van der Waals surface area contributed by atoms with E-state index in [1.807, 2.05) is 11.0 Å². The number of carboxylic acid groups (broad SMARTS) is 1. The molecule has 168 valence electrons. The molecule has 0 amide bonds. The van der Waals surface area contributed by atoms with Gasteiger partial charge in [0.05, 0.1) is 11.3 Å². The van der Waals surface area contributed by atoms with E-state index in [9.17, 15) is 22.7 Å². The van der Waals surface area contributed by atoms with Gasteiger partial charge in [-0.25, -0.2) is 17.6 Å². The summed E-state index contributed by atoms with van der Waals surface area (Å²) in [4.78, 5) is 16.0. The van der Waals surface area contributed by atoms with Gasteiger partial charge in [0.25, 0.3) is 10.0 Å². The molecule has 4 rings (SSSR count). The zero-order chi connectivity index (χ0) is 22.7. The van der Waals surface area contributed by atoms with Gasteiger partial charge >= 0.3 is 5.97 Å². The molecule has 0 aliphatic carbocycles. The van der Waals surface area contributed by atoms with E-state index in [-0.39, 0.29) is 21.3 Å². The number of thiophene rings is 1. The number of halogens is 1. The third kappa shape index (κ3) is 4.93. The summed E-state index contributed by atoms with van der Waals surface area (Å²) in [7, 11) is -3.77. The quantitative estimate of drug-likeness (QED) is 0.542. The number of carbonyl (C=O) groups is 1. The van der Waals surface area contributed by atoms with Gasteiger partial charge in [-0.2, -0.15) is 0 Å². The Hall–Kier alpha value is -2.95. The highest BCUT2D eigenvalue weighted by Crippen LogP contribution is 2.28. The molecule has 0 bridgehead atoms. The summed E-state index contributed by atoms with van der Waals surface area (Å²) >= 11 is 1.08. The lowest BCUT2D eigenvalue weighted by Gasteiger charge is -2.36. The van der Waals surface area contributed by atoms with E-state index in [2.05, 4.69) is 9.62 Å². The normalized spacial score (nSPS) is 15.0. The predicted molar refractivity (Wildman–Crippen MR) is 122 cm³/mol. The molecule has 1 fully saturated rings. The van der Waals surface area contributed by atoms with Crippen molar-refractivity contribution in [2.24, 2.45) is 0 Å². The Morgan fingerprint density at radius 3 is 2.47 bits per heavy atom. The summed E-state index contributed by atoms with van der Waals surface area (Å²) in [5.74, 6) is -1.37. The van der Waals surface area contributed by atoms with Gasteiger partial charge in [-0.1, -0.05) is 24.3 Å². The highest BCUT2D eigenvalue weighted by Gasteiger charge is 2.23. The molecule has 7 nitrogen and oxygen atoms in total. The number of aromatic carboxylic acids is 1. The zero-order valence-electron chi connectivity index (χ0n) is 17.1. The number of carboxylic acids is 1. The highest BCUT2D eigenvalue weighted by molar-refractivity contribution is 7.94. The first-order valence-corrected chi connectivity index (χ1v) is 12.3. The molecule has 32 heavy (non-hydrogen) atoms. The van der Waals surface area contributed by atoms with Crippen LogP contribution in [0.4, 0.5) is 15.8 Å². The Kier molecular flexibility index (Phi) is 6.45. The molecule has 0 unspecified atom stereocenters. The summed E-state index contributed by atoms with van der Waals surface area (Å²) in [6.45, 7) is 2.96. The van der Waals surface area contributed by atoms with Gasteiger partial charge < -0.3 is 10.0 Å². The lowest BCUT2D eigenvalue weighted by Crippen LogP contribution is -2.46. The largest absolute Gasteiger partial charge is 0.478 e. The third-order valence-electron chi connectivity index (χ3n) is 5.30. The fraction of sp³-hybridized carbons (Fsp3) is 0.227. The average Bonchev–Trinajstić information content (AvgIpc) is 3.32. The van der Waals surface area contributed by atoms with E-state index < -0.39 is 16.0 Å². The predicted octanol–water partition coefficient (Wildman–Crippen LogP) is 3.71. The van der Waals surface area contributed by atoms with Crippen molar-refractivity contribution < 1.29 is 22.7 Å². The number of benzene rings is 2. The van der Waals surface area contributed by atoms with Crippen LogP contribution in [0.2, 0.25) is 0 Å². The zero-order valence-corrected chi connectivity index (χ0v) is 18.7. The molecule has 10 heteroatoms. The van der Waals surface area contributed by atoms with Crippen LogP contribution in [0, 0.1) is 5.82 Å². The Labute approximate surface area is 189 Å². The van der Waals surface area contributed by atoms with Crippen LogP contribution < -0.4 is 9.62 Å². The molecule has 0 spiro atoms. The van der Waals surface area contributed by atoms with Crippen LogP contribution in [0.5, 0.6) is 0 Å². The number of nitrogens with zero attached hydrogens (tertiary/aromatic N) is 2. The van der Waals surface area contributed by atoms with Crippen molar-refractivity contribution in [1.82, 2.24) is 4.90 Å². The maximum atomic E-state index is 13.9. The average molecular weight is 476 g/mol. The minimum Gasteiger partial charge on any atom is -0.478 e. The molecule has 3 aromatic rings. The van der Waals surface area contributed by atoms with Crippen LogP contribution in [0.15, 0.2) is 64.2 Å². The van der Waals surface area contributed by atoms with Gasteiger partial charge in [0, 0.05) is 44.0 Å². The number of hydrogen-bond acceptors (Lipinski definition) is 6. The number of hydrogen-bond donors (Lipinski definition) is 2. The standard InChI is InChI=1S/C22H22FN3O4S2/c23-19-5-2-1-4-16(19)15-25-9-11-26(12-10-25)20-8-7-17(14-18(20)22(27)28)24-32(29,30)21-6-3-13-31-21/h1-8,13-14,24H,9-12,15H2,(H,27,28). The molecule has 2 aromatic carbocycles. The fourth-order valence-electron chi connectivity index (χ4n) is 3.68. The Morgan fingerprint density at radius 2 is 1.81 bits per heavy atom. The van der Waals surface area contributed by atoms with Gasteiger partial charge in [0.15, 0.2) is 0 Å². The molecule has 1 saturated heterocycles. The summed E-state index contributed by atoms with van der Waals surface area (Å²) in [6.07, 6.45) is 0. The summed E-state index contributed by atoms with van der Waals surface area (Å²) in [5.41, 5.74) is 1.38. The molecular weight excluding hydrogens is 453 g/mol.